The van der Waals surface area contributed by atoms with Gasteiger partial charge in [0.15, 0.2) is 0 Å². The van der Waals surface area contributed by atoms with Crippen LogP contribution in [0.3, 0.4) is 0 Å². The zero-order valence-corrected chi connectivity index (χ0v) is 17.0. The quantitative estimate of drug-likeness (QED) is 0.564. The van der Waals surface area contributed by atoms with E-state index in [1.807, 2.05) is 30.3 Å². The van der Waals surface area contributed by atoms with Crippen LogP contribution in [-0.2, 0) is 4.74 Å². The molecule has 1 aliphatic heterocycles. The fourth-order valence-corrected chi connectivity index (χ4v) is 3.74. The van der Waals surface area contributed by atoms with Crippen molar-refractivity contribution in [3.8, 4) is 16.9 Å². The van der Waals surface area contributed by atoms with Gasteiger partial charge in [0.1, 0.15) is 18.2 Å². The number of amidine groups is 1. The largest absolute Gasteiger partial charge is 0.489 e. The summed E-state index contributed by atoms with van der Waals surface area (Å²) in [6.07, 6.45) is 0. The van der Waals surface area contributed by atoms with Crippen LogP contribution in [0.2, 0.25) is 10.0 Å². The van der Waals surface area contributed by atoms with Crippen LogP contribution in [0.4, 0.5) is 0 Å². The van der Waals surface area contributed by atoms with Gasteiger partial charge in [0.05, 0.1) is 23.7 Å². The summed E-state index contributed by atoms with van der Waals surface area (Å²) >= 11 is 12.8. The van der Waals surface area contributed by atoms with Gasteiger partial charge in [0.2, 0.25) is 0 Å². The molecular weight excluding hydrogens is 395 g/mol. The lowest BCUT2D eigenvalue weighted by molar-refractivity contribution is 0.146. The molecule has 6 heteroatoms. The minimum absolute atomic E-state index is 0.421. The number of ether oxygens (including phenoxy) is 2. The molecule has 0 saturated heterocycles. The Morgan fingerprint density at radius 3 is 2.50 bits per heavy atom. The summed E-state index contributed by atoms with van der Waals surface area (Å²) in [6.45, 7) is 2.47. The van der Waals surface area contributed by atoms with Gasteiger partial charge in [-0.15, -0.1) is 0 Å². The summed E-state index contributed by atoms with van der Waals surface area (Å²) in [5.41, 5.74) is 3.07. The van der Waals surface area contributed by atoms with Gasteiger partial charge in [0.25, 0.3) is 0 Å². The molecule has 0 bridgehead atoms. The lowest BCUT2D eigenvalue weighted by Crippen LogP contribution is -2.21. The topological polar surface area (TPSA) is 42.9 Å². The number of halogens is 2. The van der Waals surface area contributed by atoms with Crippen LogP contribution in [-0.4, -0.2) is 39.2 Å². The smallest absolute Gasteiger partial charge is 0.149 e. The maximum Gasteiger partial charge on any atom is 0.149 e. The van der Waals surface area contributed by atoms with Gasteiger partial charge in [-0.2, -0.15) is 0 Å². The standard InChI is InChI=1S/C22H20Cl2N2O2/c1-27-10-11-28-21-19(22-25-8-9-26-22)13-16-12-15(4-7-18(16)20(21)24)14-2-5-17(23)6-3-14/h2-7,12-13H,8-11H2,1H3,(H,25,26). The third-order valence-electron chi connectivity index (χ3n) is 4.67. The van der Waals surface area contributed by atoms with E-state index in [0.717, 1.165) is 51.4 Å². The zero-order chi connectivity index (χ0) is 19.5. The lowest BCUT2D eigenvalue weighted by Gasteiger charge is -2.16. The molecule has 0 aliphatic carbocycles. The first-order chi connectivity index (χ1) is 13.7. The van der Waals surface area contributed by atoms with Crippen molar-refractivity contribution in [3.05, 3.63) is 64.1 Å². The van der Waals surface area contributed by atoms with Gasteiger partial charge in [-0.25, -0.2) is 0 Å². The molecule has 1 heterocycles. The molecule has 1 N–H and O–H groups in total. The Hall–Kier alpha value is -2.27. The Bertz CT molecular complexity index is 1030. The molecule has 0 spiro atoms. The van der Waals surface area contributed by atoms with Crippen molar-refractivity contribution in [2.45, 2.75) is 0 Å². The maximum absolute atomic E-state index is 6.76. The van der Waals surface area contributed by atoms with Crippen LogP contribution in [0.15, 0.2) is 53.5 Å². The number of methoxy groups -OCH3 is 1. The first-order valence-electron chi connectivity index (χ1n) is 9.10. The second-order valence-corrected chi connectivity index (χ2v) is 7.32. The van der Waals surface area contributed by atoms with E-state index in [1.165, 1.54) is 0 Å². The number of nitrogens with zero attached hydrogens (tertiary/aromatic N) is 1. The first-order valence-corrected chi connectivity index (χ1v) is 9.85. The summed E-state index contributed by atoms with van der Waals surface area (Å²) in [6, 6.07) is 16.1. The molecular formula is C22H20Cl2N2O2. The molecule has 1 aliphatic rings. The number of rotatable bonds is 6. The van der Waals surface area contributed by atoms with Gasteiger partial charge >= 0.3 is 0 Å². The molecule has 3 aromatic rings. The molecule has 0 fully saturated rings. The van der Waals surface area contributed by atoms with E-state index in [-0.39, 0.29) is 0 Å². The van der Waals surface area contributed by atoms with E-state index in [0.29, 0.717) is 24.0 Å². The van der Waals surface area contributed by atoms with Crippen molar-refractivity contribution in [2.24, 2.45) is 4.99 Å². The number of benzene rings is 3. The molecule has 4 rings (SSSR count). The molecule has 3 aromatic carbocycles. The summed E-state index contributed by atoms with van der Waals surface area (Å²) < 4.78 is 11.1. The monoisotopic (exact) mass is 414 g/mol. The van der Waals surface area contributed by atoms with Crippen LogP contribution in [0, 0.1) is 0 Å². The van der Waals surface area contributed by atoms with Gasteiger partial charge in [-0.3, -0.25) is 4.99 Å². The normalized spacial score (nSPS) is 13.5. The Morgan fingerprint density at radius 1 is 1.00 bits per heavy atom. The minimum Gasteiger partial charge on any atom is -0.489 e. The number of aliphatic imine (C=N–C) groups is 1. The van der Waals surface area contributed by atoms with Crippen LogP contribution >= 0.6 is 23.2 Å². The minimum atomic E-state index is 0.421. The Labute approximate surface area is 174 Å². The van der Waals surface area contributed by atoms with Crippen molar-refractivity contribution in [2.75, 3.05) is 33.4 Å². The summed E-state index contributed by atoms with van der Waals surface area (Å²) in [5.74, 6) is 1.45. The van der Waals surface area contributed by atoms with E-state index < -0.39 is 0 Å². The Kier molecular flexibility index (Phi) is 5.72. The highest BCUT2D eigenvalue weighted by molar-refractivity contribution is 6.38. The molecule has 0 unspecified atom stereocenters. The van der Waals surface area contributed by atoms with Crippen LogP contribution < -0.4 is 10.1 Å². The Morgan fingerprint density at radius 2 is 1.79 bits per heavy atom. The third kappa shape index (κ3) is 3.81. The lowest BCUT2D eigenvalue weighted by atomic mass is 9.99. The second-order valence-electron chi connectivity index (χ2n) is 6.51. The summed E-state index contributed by atoms with van der Waals surface area (Å²) in [5, 5.41) is 6.59. The van der Waals surface area contributed by atoms with Gasteiger partial charge in [-0.1, -0.05) is 47.5 Å². The summed E-state index contributed by atoms with van der Waals surface area (Å²) in [7, 11) is 1.65. The number of nitrogens with one attached hydrogen (secondary N) is 1. The number of hydrogen-bond donors (Lipinski definition) is 1. The molecule has 144 valence electrons. The van der Waals surface area contributed by atoms with Gasteiger partial charge < -0.3 is 14.8 Å². The molecule has 28 heavy (non-hydrogen) atoms. The van der Waals surface area contributed by atoms with E-state index in [2.05, 4.69) is 28.5 Å². The predicted octanol–water partition coefficient (Wildman–Crippen LogP) is 5.19. The van der Waals surface area contributed by atoms with Gasteiger partial charge in [-0.05, 0) is 40.8 Å². The van der Waals surface area contributed by atoms with Crippen molar-refractivity contribution < 1.29 is 9.47 Å². The van der Waals surface area contributed by atoms with Crippen molar-refractivity contribution in [3.63, 3.8) is 0 Å². The molecule has 4 nitrogen and oxygen atoms in total. The molecule has 0 aromatic heterocycles. The average Bonchev–Trinajstić information content (AvgIpc) is 3.24. The highest BCUT2D eigenvalue weighted by Crippen LogP contribution is 2.38. The van der Waals surface area contributed by atoms with E-state index >= 15 is 0 Å². The van der Waals surface area contributed by atoms with Crippen LogP contribution in [0.25, 0.3) is 21.9 Å². The fraction of sp³-hybridized carbons (Fsp3) is 0.227. The van der Waals surface area contributed by atoms with Crippen molar-refractivity contribution >= 4 is 39.8 Å². The van der Waals surface area contributed by atoms with Crippen LogP contribution in [0.1, 0.15) is 5.56 Å². The molecule has 0 saturated carbocycles. The SMILES string of the molecule is COCCOc1c(C2=NCCN2)cc2cc(-c3ccc(Cl)cc3)ccc2c1Cl. The highest BCUT2D eigenvalue weighted by atomic mass is 35.5. The first kappa shape index (κ1) is 19.1. The predicted molar refractivity (Wildman–Crippen MR) is 116 cm³/mol. The maximum atomic E-state index is 6.76. The molecule has 0 radical (unpaired) electrons. The van der Waals surface area contributed by atoms with Crippen molar-refractivity contribution in [1.82, 2.24) is 5.32 Å². The number of fused-ring (bicyclic) bond motifs is 1. The summed E-state index contributed by atoms with van der Waals surface area (Å²) in [4.78, 5) is 4.55. The highest BCUT2D eigenvalue weighted by Gasteiger charge is 2.20. The van der Waals surface area contributed by atoms with E-state index in [4.69, 9.17) is 32.7 Å². The van der Waals surface area contributed by atoms with Crippen LogP contribution in [0.5, 0.6) is 5.75 Å². The third-order valence-corrected chi connectivity index (χ3v) is 5.30. The van der Waals surface area contributed by atoms with E-state index in [1.54, 1.807) is 7.11 Å². The zero-order valence-electron chi connectivity index (χ0n) is 15.5. The molecule has 0 amide bonds. The Balaban J connectivity index is 1.82. The molecule has 0 atom stereocenters. The number of hydrogen-bond acceptors (Lipinski definition) is 4. The fourth-order valence-electron chi connectivity index (χ4n) is 3.29. The average molecular weight is 415 g/mol. The second kappa shape index (κ2) is 8.39. The van der Waals surface area contributed by atoms with Crippen molar-refractivity contribution in [1.29, 1.82) is 0 Å². The van der Waals surface area contributed by atoms with Gasteiger partial charge in [0, 0.05) is 24.1 Å². The van der Waals surface area contributed by atoms with E-state index in [9.17, 15) is 0 Å².